The van der Waals surface area contributed by atoms with Gasteiger partial charge < -0.3 is 10.2 Å². The molecule has 0 atom stereocenters. The van der Waals surface area contributed by atoms with Gasteiger partial charge >= 0.3 is 0 Å². The van der Waals surface area contributed by atoms with Gasteiger partial charge in [0.1, 0.15) is 10.8 Å². The van der Waals surface area contributed by atoms with Crippen molar-refractivity contribution in [1.29, 1.82) is 0 Å². The molecule has 2 N–H and O–H groups in total. The highest BCUT2D eigenvalue weighted by Gasteiger charge is 2.07. The molecule has 0 amide bonds. The number of hydrogen-bond acceptors (Lipinski definition) is 4. The molecule has 0 saturated heterocycles. The molecule has 72 valence electrons. The van der Waals surface area contributed by atoms with Crippen LogP contribution in [0.2, 0.25) is 0 Å². The minimum Gasteiger partial charge on any atom is -0.507 e. The predicted octanol–water partition coefficient (Wildman–Crippen LogP) is 2.01. The quantitative estimate of drug-likeness (QED) is 0.792. The molecule has 0 aliphatic carbocycles. The number of hydrogen-bond donors (Lipinski definition) is 2. The first-order chi connectivity index (χ1) is 6.81. The first-order valence-corrected chi connectivity index (χ1v) is 4.97. The number of phenols is 1. The molecule has 0 aliphatic heterocycles. The van der Waals surface area contributed by atoms with Gasteiger partial charge in [-0.1, -0.05) is 12.1 Å². The number of aliphatic hydroxyl groups excluding tert-OH is 1. The van der Waals surface area contributed by atoms with E-state index >= 15 is 0 Å². The lowest BCUT2D eigenvalue weighted by molar-refractivity contribution is 0.285. The first-order valence-electron chi connectivity index (χ1n) is 4.15. The van der Waals surface area contributed by atoms with Gasteiger partial charge in [0.15, 0.2) is 0 Å². The van der Waals surface area contributed by atoms with Crippen LogP contribution in [0.25, 0.3) is 10.6 Å². The number of aromatic nitrogens is 1. The number of aliphatic hydroxyl groups is 1. The lowest BCUT2D eigenvalue weighted by Gasteiger charge is -1.98. The smallest absolute Gasteiger partial charge is 0.127 e. The zero-order valence-electron chi connectivity index (χ0n) is 7.34. The van der Waals surface area contributed by atoms with Gasteiger partial charge in [0.05, 0.1) is 17.0 Å². The summed E-state index contributed by atoms with van der Waals surface area (Å²) in [5, 5.41) is 19.2. The second-order valence-corrected chi connectivity index (χ2v) is 3.92. The highest BCUT2D eigenvalue weighted by Crippen LogP contribution is 2.31. The third kappa shape index (κ3) is 1.62. The van der Waals surface area contributed by atoms with Crippen LogP contribution in [-0.2, 0) is 6.61 Å². The first kappa shape index (κ1) is 9.18. The number of aromatic hydroxyl groups is 1. The second kappa shape index (κ2) is 3.77. The Morgan fingerprint density at radius 3 is 2.71 bits per heavy atom. The van der Waals surface area contributed by atoms with Crippen molar-refractivity contribution < 1.29 is 10.2 Å². The molecule has 2 aromatic rings. The van der Waals surface area contributed by atoms with Crippen molar-refractivity contribution in [3.8, 4) is 16.3 Å². The average molecular weight is 207 g/mol. The van der Waals surface area contributed by atoms with Gasteiger partial charge in [-0.2, -0.15) is 0 Å². The second-order valence-electron chi connectivity index (χ2n) is 2.81. The normalized spacial score (nSPS) is 10.4. The Morgan fingerprint density at radius 1 is 1.29 bits per heavy atom. The van der Waals surface area contributed by atoms with E-state index < -0.39 is 0 Å². The number of thiazole rings is 1. The van der Waals surface area contributed by atoms with Crippen molar-refractivity contribution in [2.75, 3.05) is 0 Å². The fourth-order valence-corrected chi connectivity index (χ4v) is 1.97. The molecule has 0 bridgehead atoms. The molecule has 14 heavy (non-hydrogen) atoms. The maximum absolute atomic E-state index is 9.55. The lowest BCUT2D eigenvalue weighted by atomic mass is 10.2. The van der Waals surface area contributed by atoms with Crippen LogP contribution in [0.1, 0.15) is 4.88 Å². The Balaban J connectivity index is 2.44. The summed E-state index contributed by atoms with van der Waals surface area (Å²) < 4.78 is 0. The Kier molecular flexibility index (Phi) is 2.47. The molecule has 0 spiro atoms. The SMILES string of the molecule is OCc1cnc(-c2ccccc2O)s1. The molecule has 0 fully saturated rings. The van der Waals surface area contributed by atoms with E-state index in [0.29, 0.717) is 5.56 Å². The molecule has 1 aromatic heterocycles. The summed E-state index contributed by atoms with van der Waals surface area (Å²) in [7, 11) is 0. The molecule has 3 nitrogen and oxygen atoms in total. The van der Waals surface area contributed by atoms with E-state index in [0.717, 1.165) is 9.88 Å². The van der Waals surface area contributed by atoms with Crippen LogP contribution >= 0.6 is 11.3 Å². The zero-order chi connectivity index (χ0) is 9.97. The van der Waals surface area contributed by atoms with E-state index in [-0.39, 0.29) is 12.4 Å². The monoisotopic (exact) mass is 207 g/mol. The van der Waals surface area contributed by atoms with Crippen LogP contribution < -0.4 is 0 Å². The fraction of sp³-hybridized carbons (Fsp3) is 0.100. The number of para-hydroxylation sites is 1. The molecule has 1 heterocycles. The Morgan fingerprint density at radius 2 is 2.07 bits per heavy atom. The summed E-state index contributed by atoms with van der Waals surface area (Å²) in [4.78, 5) is 4.91. The van der Waals surface area contributed by atoms with Crippen molar-refractivity contribution >= 4 is 11.3 Å². The van der Waals surface area contributed by atoms with Crippen molar-refractivity contribution in [1.82, 2.24) is 4.98 Å². The minimum atomic E-state index is -0.00867. The van der Waals surface area contributed by atoms with Crippen molar-refractivity contribution in [3.05, 3.63) is 35.3 Å². The maximum atomic E-state index is 9.55. The summed E-state index contributed by atoms with van der Waals surface area (Å²) in [6.45, 7) is -0.00867. The summed E-state index contributed by atoms with van der Waals surface area (Å²) in [5.41, 5.74) is 0.706. The number of phenolic OH excluding ortho intramolecular Hbond substituents is 1. The highest BCUT2D eigenvalue weighted by atomic mass is 32.1. The maximum Gasteiger partial charge on any atom is 0.127 e. The van der Waals surface area contributed by atoms with Crippen molar-refractivity contribution in [3.63, 3.8) is 0 Å². The van der Waals surface area contributed by atoms with E-state index in [1.54, 1.807) is 24.4 Å². The van der Waals surface area contributed by atoms with E-state index in [9.17, 15) is 5.11 Å². The van der Waals surface area contributed by atoms with Gasteiger partial charge in [-0.3, -0.25) is 0 Å². The van der Waals surface area contributed by atoms with Crippen LogP contribution in [0.5, 0.6) is 5.75 Å². The van der Waals surface area contributed by atoms with E-state index in [1.807, 2.05) is 6.07 Å². The molecule has 0 radical (unpaired) electrons. The van der Waals surface area contributed by atoms with Gasteiger partial charge in [0, 0.05) is 6.20 Å². The topological polar surface area (TPSA) is 53.4 Å². The molecule has 0 saturated carbocycles. The summed E-state index contributed by atoms with van der Waals surface area (Å²) in [5.74, 6) is 0.214. The largest absolute Gasteiger partial charge is 0.507 e. The molecule has 4 heteroatoms. The summed E-state index contributed by atoms with van der Waals surface area (Å²) >= 11 is 1.38. The third-order valence-electron chi connectivity index (χ3n) is 1.84. The summed E-state index contributed by atoms with van der Waals surface area (Å²) in [6.07, 6.45) is 1.62. The average Bonchev–Trinajstić information content (AvgIpc) is 2.67. The fourth-order valence-electron chi connectivity index (χ4n) is 1.16. The van der Waals surface area contributed by atoms with Crippen LogP contribution in [0.4, 0.5) is 0 Å². The van der Waals surface area contributed by atoms with E-state index in [2.05, 4.69) is 4.98 Å². The molecule has 0 unspecified atom stereocenters. The third-order valence-corrected chi connectivity index (χ3v) is 2.86. The number of nitrogens with zero attached hydrogens (tertiary/aromatic N) is 1. The standard InChI is InChI=1S/C10H9NO2S/c12-6-7-5-11-10(14-7)8-3-1-2-4-9(8)13/h1-5,12-13H,6H2. The minimum absolute atomic E-state index is 0.00867. The van der Waals surface area contributed by atoms with Crippen LogP contribution in [0.15, 0.2) is 30.5 Å². The Hall–Kier alpha value is -1.39. The predicted molar refractivity (Wildman–Crippen MR) is 55.1 cm³/mol. The van der Waals surface area contributed by atoms with E-state index in [4.69, 9.17) is 5.11 Å². The van der Waals surface area contributed by atoms with Crippen molar-refractivity contribution in [2.45, 2.75) is 6.61 Å². The molecular formula is C10H9NO2S. The van der Waals surface area contributed by atoms with Gasteiger partial charge in [-0.25, -0.2) is 4.98 Å². The molecule has 2 rings (SSSR count). The van der Waals surface area contributed by atoms with Gasteiger partial charge in [0.25, 0.3) is 0 Å². The van der Waals surface area contributed by atoms with Gasteiger partial charge in [-0.15, -0.1) is 11.3 Å². The molecule has 0 aliphatic rings. The number of rotatable bonds is 2. The van der Waals surface area contributed by atoms with E-state index in [1.165, 1.54) is 11.3 Å². The molecule has 1 aromatic carbocycles. The van der Waals surface area contributed by atoms with Gasteiger partial charge in [0.2, 0.25) is 0 Å². The zero-order valence-corrected chi connectivity index (χ0v) is 8.16. The van der Waals surface area contributed by atoms with Crippen LogP contribution in [0, 0.1) is 0 Å². The van der Waals surface area contributed by atoms with Crippen molar-refractivity contribution in [2.24, 2.45) is 0 Å². The van der Waals surface area contributed by atoms with Gasteiger partial charge in [-0.05, 0) is 12.1 Å². The highest BCUT2D eigenvalue weighted by molar-refractivity contribution is 7.15. The van der Waals surface area contributed by atoms with Crippen LogP contribution in [-0.4, -0.2) is 15.2 Å². The molecular weight excluding hydrogens is 198 g/mol. The Bertz CT molecular complexity index is 439. The Labute approximate surface area is 85.3 Å². The number of benzene rings is 1. The van der Waals surface area contributed by atoms with Crippen LogP contribution in [0.3, 0.4) is 0 Å². The lowest BCUT2D eigenvalue weighted by Crippen LogP contribution is -1.75. The summed E-state index contributed by atoms with van der Waals surface area (Å²) in [6, 6.07) is 7.03.